The van der Waals surface area contributed by atoms with Gasteiger partial charge in [-0.25, -0.2) is 0 Å². The van der Waals surface area contributed by atoms with Crippen molar-refractivity contribution in [3.63, 3.8) is 0 Å². The first kappa shape index (κ1) is 19.9. The molecule has 29 heavy (non-hydrogen) atoms. The number of carbonyl (C=O) groups excluding carboxylic acids is 1. The van der Waals surface area contributed by atoms with Gasteiger partial charge in [-0.3, -0.25) is 14.4 Å². The molecule has 4 rings (SSSR count). The number of nitrogens with zero attached hydrogens (tertiary/aromatic N) is 4. The molecule has 5 nitrogen and oxygen atoms in total. The van der Waals surface area contributed by atoms with Crippen LogP contribution in [-0.4, -0.2) is 58.2 Å². The quantitative estimate of drug-likeness (QED) is 0.623. The highest BCUT2D eigenvalue weighted by Crippen LogP contribution is 2.32. The molecular formula is C23H27ClN4O. The van der Waals surface area contributed by atoms with E-state index in [-0.39, 0.29) is 11.9 Å². The Morgan fingerprint density at radius 1 is 1.10 bits per heavy atom. The molecule has 0 saturated carbocycles. The molecule has 0 aliphatic carbocycles. The number of carbonyl (C=O) groups is 1. The molecule has 3 aromatic rings. The number of fused-ring (bicyclic) bond motifs is 1. The first-order chi connectivity index (χ1) is 14.1. The van der Waals surface area contributed by atoms with Crippen LogP contribution in [0, 0.1) is 0 Å². The molecule has 1 aliphatic heterocycles. The highest BCUT2D eigenvalue weighted by atomic mass is 35.5. The van der Waals surface area contributed by atoms with E-state index in [4.69, 9.17) is 16.7 Å². The molecule has 0 unspecified atom stereocenters. The van der Waals surface area contributed by atoms with E-state index in [0.717, 1.165) is 61.3 Å². The van der Waals surface area contributed by atoms with Gasteiger partial charge in [0, 0.05) is 42.2 Å². The van der Waals surface area contributed by atoms with Gasteiger partial charge in [0.05, 0.1) is 5.52 Å². The van der Waals surface area contributed by atoms with Gasteiger partial charge >= 0.3 is 0 Å². The predicted octanol–water partition coefficient (Wildman–Crippen LogP) is 4.47. The number of benzene rings is 2. The second-order valence-corrected chi connectivity index (χ2v) is 8.10. The Bertz CT molecular complexity index is 993. The summed E-state index contributed by atoms with van der Waals surface area (Å²) in [7, 11) is 0. The molecule has 2 heterocycles. The molecule has 1 amide bonds. The van der Waals surface area contributed by atoms with Crippen LogP contribution < -0.4 is 0 Å². The molecule has 152 valence electrons. The molecule has 1 aliphatic rings. The zero-order valence-corrected chi connectivity index (χ0v) is 17.8. The van der Waals surface area contributed by atoms with Crippen LogP contribution >= 0.6 is 11.6 Å². The fourth-order valence-electron chi connectivity index (χ4n) is 4.09. The number of amides is 1. The van der Waals surface area contributed by atoms with E-state index in [9.17, 15) is 4.79 Å². The Hall–Kier alpha value is -2.37. The molecule has 1 atom stereocenters. The smallest absolute Gasteiger partial charge is 0.247 e. The first-order valence-corrected chi connectivity index (χ1v) is 10.7. The number of rotatable bonds is 5. The molecule has 0 spiro atoms. The lowest BCUT2D eigenvalue weighted by molar-refractivity contribution is -0.136. The third-order valence-electron chi connectivity index (χ3n) is 5.66. The zero-order valence-electron chi connectivity index (χ0n) is 17.0. The Kier molecular flexibility index (Phi) is 5.88. The predicted molar refractivity (Wildman–Crippen MR) is 118 cm³/mol. The Balaban J connectivity index is 1.64. The summed E-state index contributed by atoms with van der Waals surface area (Å²) in [6.07, 6.45) is 1.15. The van der Waals surface area contributed by atoms with Crippen LogP contribution in [0.25, 0.3) is 22.2 Å². The minimum atomic E-state index is -0.367. The van der Waals surface area contributed by atoms with Crippen LogP contribution in [0.1, 0.15) is 26.3 Å². The van der Waals surface area contributed by atoms with E-state index in [0.29, 0.717) is 5.02 Å². The van der Waals surface area contributed by atoms with Crippen LogP contribution in [0.3, 0.4) is 0 Å². The number of halogens is 1. The van der Waals surface area contributed by atoms with E-state index in [2.05, 4.69) is 11.8 Å². The van der Waals surface area contributed by atoms with Crippen LogP contribution in [0.4, 0.5) is 0 Å². The third-order valence-corrected chi connectivity index (χ3v) is 5.90. The van der Waals surface area contributed by atoms with Gasteiger partial charge in [0.2, 0.25) is 5.91 Å². The van der Waals surface area contributed by atoms with Gasteiger partial charge in [-0.15, -0.1) is 0 Å². The molecular weight excluding hydrogens is 384 g/mol. The topological polar surface area (TPSA) is 41.4 Å². The Labute approximate surface area is 176 Å². The van der Waals surface area contributed by atoms with Crippen molar-refractivity contribution in [3.05, 3.63) is 53.6 Å². The van der Waals surface area contributed by atoms with Crippen molar-refractivity contribution in [1.82, 2.24) is 19.6 Å². The normalized spacial score (nSPS) is 16.3. The first-order valence-electron chi connectivity index (χ1n) is 10.3. The monoisotopic (exact) mass is 410 g/mol. The fraction of sp³-hybridized carbons (Fsp3) is 0.391. The number of aromatic nitrogens is 2. The maximum Gasteiger partial charge on any atom is 0.247 e. The van der Waals surface area contributed by atoms with Crippen molar-refractivity contribution in [3.8, 4) is 11.3 Å². The second kappa shape index (κ2) is 8.56. The third kappa shape index (κ3) is 4.02. The van der Waals surface area contributed by atoms with Gasteiger partial charge in [0.1, 0.15) is 11.7 Å². The summed E-state index contributed by atoms with van der Waals surface area (Å²) in [5.74, 6) is 0.125. The van der Waals surface area contributed by atoms with Crippen LogP contribution in [-0.2, 0) is 4.79 Å². The maximum atomic E-state index is 13.2. The van der Waals surface area contributed by atoms with Crippen molar-refractivity contribution in [2.45, 2.75) is 26.3 Å². The highest BCUT2D eigenvalue weighted by molar-refractivity contribution is 6.31. The standard InChI is InChI=1S/C23H27ClN4O/c1-3-11-26-12-14-27(15-13-26)23(29)17(2)28-21-10-9-19(24)16-20(21)22(25-28)18-7-5-4-6-8-18/h4-10,16-17H,3,11-15H2,1-2H3/t17-/m1/s1. The maximum absolute atomic E-state index is 13.2. The molecule has 0 N–H and O–H groups in total. The molecule has 6 heteroatoms. The lowest BCUT2D eigenvalue weighted by Crippen LogP contribution is -2.50. The molecule has 1 aromatic heterocycles. The van der Waals surface area contributed by atoms with Gasteiger partial charge in [0.15, 0.2) is 0 Å². The summed E-state index contributed by atoms with van der Waals surface area (Å²) in [4.78, 5) is 17.6. The Morgan fingerprint density at radius 2 is 1.83 bits per heavy atom. The van der Waals surface area contributed by atoms with Crippen molar-refractivity contribution in [1.29, 1.82) is 0 Å². The minimum absolute atomic E-state index is 0.125. The largest absolute Gasteiger partial charge is 0.338 e. The lowest BCUT2D eigenvalue weighted by atomic mass is 10.1. The minimum Gasteiger partial charge on any atom is -0.338 e. The van der Waals surface area contributed by atoms with E-state index in [1.165, 1.54) is 0 Å². The summed E-state index contributed by atoms with van der Waals surface area (Å²) in [6, 6.07) is 15.4. The molecule has 1 saturated heterocycles. The van der Waals surface area contributed by atoms with Crippen LogP contribution in [0.15, 0.2) is 48.5 Å². The van der Waals surface area contributed by atoms with Gasteiger partial charge in [0.25, 0.3) is 0 Å². The molecule has 0 bridgehead atoms. The van der Waals surface area contributed by atoms with E-state index >= 15 is 0 Å². The highest BCUT2D eigenvalue weighted by Gasteiger charge is 2.28. The Morgan fingerprint density at radius 3 is 2.52 bits per heavy atom. The number of hydrogen-bond donors (Lipinski definition) is 0. The van der Waals surface area contributed by atoms with Crippen molar-refractivity contribution in [2.75, 3.05) is 32.7 Å². The average Bonchev–Trinajstić information content (AvgIpc) is 3.12. The van der Waals surface area contributed by atoms with E-state index < -0.39 is 0 Å². The number of hydrogen-bond acceptors (Lipinski definition) is 3. The SMILES string of the molecule is CCCN1CCN(C(=O)[C@@H](C)n2nc(-c3ccccc3)c3cc(Cl)ccc32)CC1. The van der Waals surface area contributed by atoms with Gasteiger partial charge in [-0.1, -0.05) is 48.9 Å². The summed E-state index contributed by atoms with van der Waals surface area (Å²) in [6.45, 7) is 8.67. The summed E-state index contributed by atoms with van der Waals surface area (Å²) in [5.41, 5.74) is 2.81. The summed E-state index contributed by atoms with van der Waals surface area (Å²) >= 11 is 6.27. The van der Waals surface area contributed by atoms with Gasteiger partial charge in [-0.2, -0.15) is 5.10 Å². The summed E-state index contributed by atoms with van der Waals surface area (Å²) < 4.78 is 1.86. The molecule has 1 fully saturated rings. The van der Waals surface area contributed by atoms with Crippen molar-refractivity contribution in [2.24, 2.45) is 0 Å². The van der Waals surface area contributed by atoms with Crippen molar-refractivity contribution < 1.29 is 4.79 Å². The van der Waals surface area contributed by atoms with Crippen LogP contribution in [0.5, 0.6) is 0 Å². The average molecular weight is 411 g/mol. The molecule has 2 aromatic carbocycles. The molecule has 0 radical (unpaired) electrons. The van der Waals surface area contributed by atoms with Crippen molar-refractivity contribution >= 4 is 28.4 Å². The zero-order chi connectivity index (χ0) is 20.4. The fourth-order valence-corrected chi connectivity index (χ4v) is 4.27. The lowest BCUT2D eigenvalue weighted by Gasteiger charge is -2.35. The van der Waals surface area contributed by atoms with Gasteiger partial charge < -0.3 is 4.90 Å². The summed E-state index contributed by atoms with van der Waals surface area (Å²) in [5, 5.41) is 6.50. The van der Waals surface area contributed by atoms with E-state index in [1.54, 1.807) is 0 Å². The van der Waals surface area contributed by atoms with Crippen LogP contribution in [0.2, 0.25) is 5.02 Å². The van der Waals surface area contributed by atoms with E-state index in [1.807, 2.05) is 65.0 Å². The van der Waals surface area contributed by atoms with Gasteiger partial charge in [-0.05, 0) is 38.1 Å². The second-order valence-electron chi connectivity index (χ2n) is 7.66. The number of piperazine rings is 1.